The van der Waals surface area contributed by atoms with Gasteiger partial charge in [0.15, 0.2) is 0 Å². The van der Waals surface area contributed by atoms with Gasteiger partial charge in [-0.3, -0.25) is 0 Å². The molecule has 1 fully saturated rings. The molecule has 1 atom stereocenters. The smallest absolute Gasteiger partial charge is 0.337 e. The van der Waals surface area contributed by atoms with Crippen LogP contribution < -0.4 is 10.6 Å². The number of carboxylic acid groups (broad SMARTS) is 1. The second kappa shape index (κ2) is 6.80. The quantitative estimate of drug-likeness (QED) is 0.749. The van der Waals surface area contributed by atoms with Crippen molar-refractivity contribution in [3.05, 3.63) is 28.8 Å². The second-order valence-electron chi connectivity index (χ2n) is 5.38. The fourth-order valence-corrected chi connectivity index (χ4v) is 2.41. The highest BCUT2D eigenvalue weighted by atomic mass is 35.5. The number of amides is 2. The zero-order valence-corrected chi connectivity index (χ0v) is 12.6. The van der Waals surface area contributed by atoms with Gasteiger partial charge in [0, 0.05) is 11.1 Å². The lowest BCUT2D eigenvalue weighted by Crippen LogP contribution is -2.38. The summed E-state index contributed by atoms with van der Waals surface area (Å²) >= 11 is 5.85. The van der Waals surface area contributed by atoms with Crippen molar-refractivity contribution in [1.29, 1.82) is 0 Å². The Bertz CT molecular complexity index is 544. The van der Waals surface area contributed by atoms with E-state index in [9.17, 15) is 9.59 Å². The first-order valence-corrected chi connectivity index (χ1v) is 7.47. The van der Waals surface area contributed by atoms with Crippen LogP contribution in [-0.2, 0) is 0 Å². The fourth-order valence-electron chi connectivity index (χ4n) is 2.23. The summed E-state index contributed by atoms with van der Waals surface area (Å²) in [4.78, 5) is 23.1. The molecular formula is C15H19ClN2O3. The molecule has 114 valence electrons. The highest BCUT2D eigenvalue weighted by molar-refractivity contribution is 6.31. The molecule has 1 aliphatic rings. The number of carbonyl (C=O) groups is 2. The summed E-state index contributed by atoms with van der Waals surface area (Å²) in [5, 5.41) is 14.9. The van der Waals surface area contributed by atoms with Gasteiger partial charge in [-0.1, -0.05) is 31.4 Å². The van der Waals surface area contributed by atoms with Crippen molar-refractivity contribution in [3.8, 4) is 0 Å². The van der Waals surface area contributed by atoms with E-state index in [4.69, 9.17) is 16.7 Å². The molecule has 2 amide bonds. The van der Waals surface area contributed by atoms with Crippen LogP contribution in [0.3, 0.4) is 0 Å². The van der Waals surface area contributed by atoms with Crippen LogP contribution in [0.5, 0.6) is 0 Å². The Morgan fingerprint density at radius 3 is 2.71 bits per heavy atom. The molecular weight excluding hydrogens is 292 g/mol. The van der Waals surface area contributed by atoms with Crippen molar-refractivity contribution >= 4 is 29.3 Å². The van der Waals surface area contributed by atoms with Gasteiger partial charge in [0.1, 0.15) is 0 Å². The third kappa shape index (κ3) is 4.63. The van der Waals surface area contributed by atoms with E-state index in [0.29, 0.717) is 5.02 Å². The van der Waals surface area contributed by atoms with Crippen LogP contribution >= 0.6 is 11.6 Å². The van der Waals surface area contributed by atoms with Crippen LogP contribution in [0.1, 0.15) is 43.0 Å². The number of halogens is 1. The Labute approximate surface area is 128 Å². The largest absolute Gasteiger partial charge is 0.478 e. The van der Waals surface area contributed by atoms with Crippen molar-refractivity contribution in [2.75, 3.05) is 5.32 Å². The predicted octanol–water partition coefficient (Wildman–Crippen LogP) is 3.74. The van der Waals surface area contributed by atoms with Gasteiger partial charge < -0.3 is 15.7 Å². The summed E-state index contributed by atoms with van der Waals surface area (Å²) < 4.78 is 0. The number of hydrogen-bond donors (Lipinski definition) is 3. The van der Waals surface area contributed by atoms with Crippen molar-refractivity contribution < 1.29 is 14.7 Å². The molecule has 1 aromatic rings. The minimum absolute atomic E-state index is 0.0183. The Morgan fingerprint density at radius 1 is 1.43 bits per heavy atom. The second-order valence-corrected chi connectivity index (χ2v) is 5.81. The molecule has 1 unspecified atom stereocenters. The van der Waals surface area contributed by atoms with E-state index >= 15 is 0 Å². The van der Waals surface area contributed by atoms with E-state index in [1.54, 1.807) is 0 Å². The monoisotopic (exact) mass is 310 g/mol. The molecule has 1 aliphatic carbocycles. The number of benzene rings is 1. The number of rotatable bonds is 6. The average molecular weight is 311 g/mol. The molecule has 0 aromatic heterocycles. The lowest BCUT2D eigenvalue weighted by Gasteiger charge is -2.17. The van der Waals surface area contributed by atoms with Gasteiger partial charge in [-0.15, -0.1) is 0 Å². The molecule has 0 radical (unpaired) electrons. The maximum atomic E-state index is 12.0. The number of anilines is 1. The predicted molar refractivity (Wildman–Crippen MR) is 82.0 cm³/mol. The van der Waals surface area contributed by atoms with Gasteiger partial charge in [0.05, 0.1) is 11.3 Å². The third-order valence-electron chi connectivity index (χ3n) is 3.60. The fraction of sp³-hybridized carbons (Fsp3) is 0.467. The van der Waals surface area contributed by atoms with Gasteiger partial charge in [0.2, 0.25) is 0 Å². The highest BCUT2D eigenvalue weighted by Gasteiger charge is 2.25. The van der Waals surface area contributed by atoms with E-state index in [2.05, 4.69) is 10.6 Å². The molecule has 0 spiro atoms. The van der Waals surface area contributed by atoms with Crippen LogP contribution in [0.15, 0.2) is 18.2 Å². The molecule has 0 bridgehead atoms. The van der Waals surface area contributed by atoms with Gasteiger partial charge in [-0.25, -0.2) is 9.59 Å². The third-order valence-corrected chi connectivity index (χ3v) is 3.84. The summed E-state index contributed by atoms with van der Waals surface area (Å²) in [6.45, 7) is 2.02. The molecule has 0 heterocycles. The number of urea groups is 1. The van der Waals surface area contributed by atoms with Crippen LogP contribution in [0.2, 0.25) is 5.02 Å². The Hall–Kier alpha value is -1.75. The Balaban J connectivity index is 2.00. The van der Waals surface area contributed by atoms with Gasteiger partial charge >= 0.3 is 12.0 Å². The first-order valence-electron chi connectivity index (χ1n) is 7.10. The van der Waals surface area contributed by atoms with Crippen LogP contribution in [0.25, 0.3) is 0 Å². The first kappa shape index (κ1) is 15.6. The normalized spacial score (nSPS) is 15.3. The number of carbonyl (C=O) groups excluding carboxylic acids is 1. The maximum absolute atomic E-state index is 12.0. The van der Waals surface area contributed by atoms with Crippen LogP contribution in [0.4, 0.5) is 10.5 Å². The highest BCUT2D eigenvalue weighted by Crippen LogP contribution is 2.34. The maximum Gasteiger partial charge on any atom is 0.337 e. The summed E-state index contributed by atoms with van der Waals surface area (Å²) in [7, 11) is 0. The lowest BCUT2D eigenvalue weighted by atomic mass is 10.1. The summed E-state index contributed by atoms with van der Waals surface area (Å²) in [6.07, 6.45) is 4.30. The molecule has 3 N–H and O–H groups in total. The molecule has 0 aliphatic heterocycles. The molecule has 6 heteroatoms. The van der Waals surface area contributed by atoms with Crippen LogP contribution in [0, 0.1) is 5.92 Å². The van der Waals surface area contributed by atoms with Crippen molar-refractivity contribution in [2.45, 2.75) is 38.6 Å². The van der Waals surface area contributed by atoms with E-state index in [-0.39, 0.29) is 17.3 Å². The van der Waals surface area contributed by atoms with E-state index < -0.39 is 12.0 Å². The summed E-state index contributed by atoms with van der Waals surface area (Å²) in [5.41, 5.74) is 0.221. The Morgan fingerprint density at radius 2 is 2.14 bits per heavy atom. The van der Waals surface area contributed by atoms with E-state index in [0.717, 1.165) is 18.8 Å². The van der Waals surface area contributed by atoms with Gasteiger partial charge in [-0.2, -0.15) is 0 Å². The van der Waals surface area contributed by atoms with Gasteiger partial charge in [0.25, 0.3) is 0 Å². The summed E-state index contributed by atoms with van der Waals surface area (Å²) in [6, 6.07) is 4.02. The first-order chi connectivity index (χ1) is 9.99. The van der Waals surface area contributed by atoms with Crippen LogP contribution in [-0.4, -0.2) is 23.1 Å². The van der Waals surface area contributed by atoms with E-state index in [1.165, 1.54) is 31.0 Å². The lowest BCUT2D eigenvalue weighted by molar-refractivity contribution is 0.0698. The van der Waals surface area contributed by atoms with E-state index in [1.807, 2.05) is 6.92 Å². The molecule has 2 rings (SSSR count). The van der Waals surface area contributed by atoms with Crippen molar-refractivity contribution in [2.24, 2.45) is 5.92 Å². The SMILES string of the molecule is CCC(CC1CC1)NC(=O)Nc1cc(Cl)ccc1C(=O)O. The zero-order valence-electron chi connectivity index (χ0n) is 11.9. The minimum atomic E-state index is -1.10. The number of carboxylic acids is 1. The number of hydrogen-bond acceptors (Lipinski definition) is 2. The minimum Gasteiger partial charge on any atom is -0.478 e. The average Bonchev–Trinajstić information content (AvgIpc) is 3.21. The molecule has 1 aromatic carbocycles. The van der Waals surface area contributed by atoms with Crippen molar-refractivity contribution in [3.63, 3.8) is 0 Å². The molecule has 1 saturated carbocycles. The topological polar surface area (TPSA) is 78.4 Å². The Kier molecular flexibility index (Phi) is 5.07. The standard InChI is InChI=1S/C15H19ClN2O3/c1-2-11(7-9-3-4-9)17-15(21)18-13-8-10(16)5-6-12(13)14(19)20/h5-6,8-9,11H,2-4,7H2,1H3,(H,19,20)(H2,17,18,21). The number of aromatic carboxylic acids is 1. The molecule has 5 nitrogen and oxygen atoms in total. The molecule has 21 heavy (non-hydrogen) atoms. The number of nitrogens with one attached hydrogen (secondary N) is 2. The van der Waals surface area contributed by atoms with Gasteiger partial charge in [-0.05, 0) is 37.0 Å². The van der Waals surface area contributed by atoms with Crippen molar-refractivity contribution in [1.82, 2.24) is 5.32 Å². The zero-order chi connectivity index (χ0) is 15.4. The summed E-state index contributed by atoms with van der Waals surface area (Å²) in [5.74, 6) is -0.386. The molecule has 0 saturated heterocycles.